The zero-order valence-corrected chi connectivity index (χ0v) is 9.87. The predicted octanol–water partition coefficient (Wildman–Crippen LogP) is 0.836. The summed E-state index contributed by atoms with van der Waals surface area (Å²) >= 11 is 0. The molecule has 0 unspecified atom stereocenters. The molecular weight excluding hydrogens is 206 g/mol. The molecule has 0 bridgehead atoms. The molecule has 0 aromatic rings. The van der Waals surface area contributed by atoms with E-state index in [1.54, 1.807) is 0 Å². The number of rotatable bonds is 4. The lowest BCUT2D eigenvalue weighted by molar-refractivity contribution is -0.120. The van der Waals surface area contributed by atoms with Crippen LogP contribution in [-0.2, 0) is 4.79 Å². The number of nitrogens with two attached hydrogens (primary N) is 1. The van der Waals surface area contributed by atoms with E-state index in [0.29, 0.717) is 12.5 Å². The zero-order chi connectivity index (χ0) is 12.0. The third kappa shape index (κ3) is 4.18. The van der Waals surface area contributed by atoms with Crippen LogP contribution in [0.25, 0.3) is 0 Å². The molecule has 16 heavy (non-hydrogen) atoms. The topological polar surface area (TPSA) is 75.4 Å². The number of hydrogen-bond donors (Lipinski definition) is 2. The number of hydrogen-bond acceptors (Lipinski definition) is 3. The van der Waals surface area contributed by atoms with Crippen molar-refractivity contribution in [3.8, 4) is 0 Å². The van der Waals surface area contributed by atoms with Gasteiger partial charge in [-0.3, -0.25) is 15.0 Å². The molecule has 3 amide bonds. The number of likely N-dealkylation sites (tertiary alicyclic amines) is 1. The molecule has 1 aliphatic rings. The monoisotopic (exact) mass is 227 g/mol. The van der Waals surface area contributed by atoms with Crippen LogP contribution in [-0.4, -0.2) is 36.0 Å². The average Bonchev–Trinajstić information content (AvgIpc) is 2.26. The molecule has 1 rings (SSSR count). The van der Waals surface area contributed by atoms with Crippen molar-refractivity contribution in [1.29, 1.82) is 0 Å². The Kier molecular flexibility index (Phi) is 5.25. The molecule has 92 valence electrons. The van der Waals surface area contributed by atoms with Crippen molar-refractivity contribution in [3.05, 3.63) is 0 Å². The molecule has 3 N–H and O–H groups in total. The fraction of sp³-hybridized carbons (Fsp3) is 0.818. The van der Waals surface area contributed by atoms with Crippen LogP contribution in [0.5, 0.6) is 0 Å². The highest BCUT2D eigenvalue weighted by Crippen LogP contribution is 2.19. The average molecular weight is 227 g/mol. The van der Waals surface area contributed by atoms with E-state index >= 15 is 0 Å². The number of amides is 3. The number of urea groups is 1. The molecule has 5 nitrogen and oxygen atoms in total. The minimum Gasteiger partial charge on any atom is -0.351 e. The maximum absolute atomic E-state index is 11.3. The van der Waals surface area contributed by atoms with Crippen molar-refractivity contribution >= 4 is 11.9 Å². The summed E-state index contributed by atoms with van der Waals surface area (Å²) in [6.07, 6.45) is 5.17. The van der Waals surface area contributed by atoms with E-state index < -0.39 is 6.03 Å². The predicted molar refractivity (Wildman–Crippen MR) is 61.8 cm³/mol. The van der Waals surface area contributed by atoms with Gasteiger partial charge in [0, 0.05) is 19.0 Å². The third-order valence-electron chi connectivity index (χ3n) is 3.11. The van der Waals surface area contributed by atoms with Crippen LogP contribution < -0.4 is 11.1 Å². The van der Waals surface area contributed by atoms with Crippen LogP contribution in [0.2, 0.25) is 0 Å². The van der Waals surface area contributed by atoms with Gasteiger partial charge in [-0.25, -0.2) is 4.79 Å². The van der Waals surface area contributed by atoms with Crippen LogP contribution >= 0.6 is 0 Å². The number of nitrogens with one attached hydrogen (secondary N) is 1. The van der Waals surface area contributed by atoms with Gasteiger partial charge in [0.15, 0.2) is 0 Å². The molecular formula is C11H21N3O2. The first-order valence-corrected chi connectivity index (χ1v) is 5.96. The Labute approximate surface area is 96.4 Å². The van der Waals surface area contributed by atoms with Gasteiger partial charge in [-0.2, -0.15) is 0 Å². The van der Waals surface area contributed by atoms with Gasteiger partial charge in [-0.1, -0.05) is 13.3 Å². The first-order chi connectivity index (χ1) is 7.63. The molecule has 1 heterocycles. The van der Waals surface area contributed by atoms with Gasteiger partial charge >= 0.3 is 6.03 Å². The molecule has 0 aromatic heterocycles. The molecule has 0 saturated carbocycles. The summed E-state index contributed by atoms with van der Waals surface area (Å²) < 4.78 is 0. The summed E-state index contributed by atoms with van der Waals surface area (Å²) in [5, 5.41) is 2.09. The van der Waals surface area contributed by atoms with E-state index in [1.165, 1.54) is 19.3 Å². The van der Waals surface area contributed by atoms with Crippen LogP contribution in [0.4, 0.5) is 4.79 Å². The maximum Gasteiger partial charge on any atom is 0.318 e. The van der Waals surface area contributed by atoms with E-state index in [1.807, 2.05) is 0 Å². The minimum absolute atomic E-state index is 0.284. The number of primary amides is 1. The summed E-state index contributed by atoms with van der Waals surface area (Å²) in [4.78, 5) is 24.0. The summed E-state index contributed by atoms with van der Waals surface area (Å²) in [6.45, 7) is 3.95. The van der Waals surface area contributed by atoms with Crippen molar-refractivity contribution < 1.29 is 9.59 Å². The summed E-state index contributed by atoms with van der Waals surface area (Å²) in [5.41, 5.74) is 4.87. The van der Waals surface area contributed by atoms with Crippen LogP contribution in [0.15, 0.2) is 0 Å². The normalized spacial score (nSPS) is 21.7. The largest absolute Gasteiger partial charge is 0.351 e. The maximum atomic E-state index is 11.3. The number of imide groups is 1. The van der Waals surface area contributed by atoms with Gasteiger partial charge in [0.05, 0.1) is 0 Å². The highest BCUT2D eigenvalue weighted by Gasteiger charge is 2.20. The minimum atomic E-state index is -0.768. The second-order valence-corrected chi connectivity index (χ2v) is 4.26. The van der Waals surface area contributed by atoms with E-state index in [-0.39, 0.29) is 5.91 Å². The van der Waals surface area contributed by atoms with E-state index in [4.69, 9.17) is 5.73 Å². The second kappa shape index (κ2) is 6.48. The standard InChI is InChI=1S/C11H21N3O2/c1-2-9-5-3-4-7-14(9)8-6-10(15)13-11(12)16/h9H,2-8H2,1H3,(H3,12,13,15,16)/t9-/m1/s1. The highest BCUT2D eigenvalue weighted by molar-refractivity contribution is 5.93. The molecule has 0 radical (unpaired) electrons. The van der Waals surface area contributed by atoms with E-state index in [9.17, 15) is 9.59 Å². The number of piperidine rings is 1. The summed E-state index contributed by atoms with van der Waals surface area (Å²) in [6, 6.07) is -0.175. The lowest BCUT2D eigenvalue weighted by Crippen LogP contribution is -2.42. The molecule has 0 aromatic carbocycles. The van der Waals surface area contributed by atoms with Crippen molar-refractivity contribution in [2.75, 3.05) is 13.1 Å². The Morgan fingerprint density at radius 2 is 2.19 bits per heavy atom. The summed E-state index contributed by atoms with van der Waals surface area (Å²) in [5.74, 6) is -0.284. The van der Waals surface area contributed by atoms with Crippen molar-refractivity contribution in [2.45, 2.75) is 45.1 Å². The van der Waals surface area contributed by atoms with Gasteiger partial charge in [0.2, 0.25) is 5.91 Å². The van der Waals surface area contributed by atoms with Gasteiger partial charge in [-0.15, -0.1) is 0 Å². The fourth-order valence-electron chi connectivity index (χ4n) is 2.26. The van der Waals surface area contributed by atoms with Crippen molar-refractivity contribution in [1.82, 2.24) is 10.2 Å². The molecule has 1 atom stereocenters. The third-order valence-corrected chi connectivity index (χ3v) is 3.11. The fourth-order valence-corrected chi connectivity index (χ4v) is 2.26. The Morgan fingerprint density at radius 1 is 1.44 bits per heavy atom. The van der Waals surface area contributed by atoms with Crippen LogP contribution in [0, 0.1) is 0 Å². The Bertz CT molecular complexity index is 256. The Hall–Kier alpha value is -1.10. The van der Waals surface area contributed by atoms with E-state index in [2.05, 4.69) is 17.1 Å². The lowest BCUT2D eigenvalue weighted by Gasteiger charge is -2.34. The van der Waals surface area contributed by atoms with Crippen LogP contribution in [0.3, 0.4) is 0 Å². The number of carbonyl (C=O) groups is 2. The Morgan fingerprint density at radius 3 is 2.81 bits per heavy atom. The van der Waals surface area contributed by atoms with Gasteiger partial charge in [-0.05, 0) is 25.8 Å². The Balaban J connectivity index is 2.29. The highest BCUT2D eigenvalue weighted by atomic mass is 16.2. The summed E-state index contributed by atoms with van der Waals surface area (Å²) in [7, 11) is 0. The zero-order valence-electron chi connectivity index (χ0n) is 9.87. The smallest absolute Gasteiger partial charge is 0.318 e. The van der Waals surface area contributed by atoms with E-state index in [0.717, 1.165) is 19.5 Å². The van der Waals surface area contributed by atoms with Gasteiger partial charge < -0.3 is 5.73 Å². The first kappa shape index (κ1) is 13.0. The number of nitrogens with zero attached hydrogens (tertiary/aromatic N) is 1. The van der Waals surface area contributed by atoms with Crippen LogP contribution in [0.1, 0.15) is 39.0 Å². The lowest BCUT2D eigenvalue weighted by atomic mass is 10.00. The van der Waals surface area contributed by atoms with Crippen molar-refractivity contribution in [2.24, 2.45) is 5.73 Å². The molecule has 1 saturated heterocycles. The quantitative estimate of drug-likeness (QED) is 0.747. The van der Waals surface area contributed by atoms with Gasteiger partial charge in [0.1, 0.15) is 0 Å². The van der Waals surface area contributed by atoms with Crippen molar-refractivity contribution in [3.63, 3.8) is 0 Å². The van der Waals surface area contributed by atoms with Gasteiger partial charge in [0.25, 0.3) is 0 Å². The number of carbonyl (C=O) groups excluding carboxylic acids is 2. The first-order valence-electron chi connectivity index (χ1n) is 5.96. The SMILES string of the molecule is CC[C@@H]1CCCCN1CCC(=O)NC(N)=O. The molecule has 1 fully saturated rings. The molecule has 1 aliphatic heterocycles. The molecule has 0 spiro atoms. The second-order valence-electron chi connectivity index (χ2n) is 4.26. The molecule has 5 heteroatoms. The molecule has 0 aliphatic carbocycles.